The van der Waals surface area contributed by atoms with Gasteiger partial charge in [-0.05, 0) is 41.7 Å². The Morgan fingerprint density at radius 3 is 2.11 bits per heavy atom. The number of aliphatic hydroxyl groups excluding tert-OH is 1. The molecule has 2 rings (SSSR count). The highest BCUT2D eigenvalue weighted by Crippen LogP contribution is 2.18. The summed E-state index contributed by atoms with van der Waals surface area (Å²) in [5, 5.41) is 9.95. The van der Waals surface area contributed by atoms with Crippen LogP contribution in [0.1, 0.15) is 23.1 Å². The first-order chi connectivity index (χ1) is 9.19. The van der Waals surface area contributed by atoms with E-state index < -0.39 is 0 Å². The minimum Gasteiger partial charge on any atom is -0.382 e. The van der Waals surface area contributed by atoms with Crippen molar-refractivity contribution in [3.63, 3.8) is 0 Å². The second-order valence-corrected chi connectivity index (χ2v) is 4.47. The van der Waals surface area contributed by atoms with E-state index in [2.05, 4.69) is 0 Å². The largest absolute Gasteiger partial charge is 0.382 e. The molecular weight excluding hydrogens is 241 g/mol. The zero-order chi connectivity index (χ0) is 13.7. The Bertz CT molecular complexity index is 507. The number of hydrogen-bond donors (Lipinski definition) is 2. The van der Waals surface area contributed by atoms with E-state index >= 15 is 0 Å². The molecule has 3 N–H and O–H groups in total. The summed E-state index contributed by atoms with van der Waals surface area (Å²) in [6, 6.07) is 13.9. The van der Waals surface area contributed by atoms with Crippen LogP contribution in [0.2, 0.25) is 0 Å². The van der Waals surface area contributed by atoms with Gasteiger partial charge >= 0.3 is 0 Å². The Balaban J connectivity index is 1.92. The molecule has 99 valence electrons. The first kappa shape index (κ1) is 13.7. The van der Waals surface area contributed by atoms with Gasteiger partial charge in [0.2, 0.25) is 0 Å². The number of aliphatic hydroxyl groups is 1. The molecule has 0 bridgehead atoms. The van der Waals surface area contributed by atoms with Gasteiger partial charge in [-0.2, -0.15) is 0 Å². The summed E-state index contributed by atoms with van der Waals surface area (Å²) in [6.45, 7) is 0.535. The van der Waals surface area contributed by atoms with E-state index in [1.54, 1.807) is 12.1 Å². The van der Waals surface area contributed by atoms with Crippen molar-refractivity contribution in [1.29, 1.82) is 0 Å². The number of hydrogen-bond acceptors (Lipinski definition) is 2. The summed E-state index contributed by atoms with van der Waals surface area (Å²) in [7, 11) is 0. The normalized spacial score (nSPS) is 10.9. The van der Waals surface area contributed by atoms with Crippen LogP contribution in [-0.2, 0) is 13.0 Å². The number of halogens is 1. The molecule has 0 aliphatic carbocycles. The van der Waals surface area contributed by atoms with E-state index in [1.807, 2.05) is 24.3 Å². The van der Waals surface area contributed by atoms with Gasteiger partial charge in [-0.15, -0.1) is 0 Å². The van der Waals surface area contributed by atoms with Crippen LogP contribution in [0.5, 0.6) is 0 Å². The van der Waals surface area contributed by atoms with Crippen molar-refractivity contribution >= 4 is 0 Å². The van der Waals surface area contributed by atoms with E-state index in [0.717, 1.165) is 17.5 Å². The smallest absolute Gasteiger partial charge is 0.123 e. The molecule has 3 heteroatoms. The highest BCUT2D eigenvalue weighted by molar-refractivity contribution is 5.28. The van der Waals surface area contributed by atoms with E-state index in [1.165, 1.54) is 12.1 Å². The third kappa shape index (κ3) is 3.88. The molecule has 19 heavy (non-hydrogen) atoms. The lowest BCUT2D eigenvalue weighted by atomic mass is 10.0. The van der Waals surface area contributed by atoms with Crippen LogP contribution < -0.4 is 5.73 Å². The van der Waals surface area contributed by atoms with Gasteiger partial charge in [0, 0.05) is 6.54 Å². The monoisotopic (exact) mass is 258 g/mol. The van der Waals surface area contributed by atoms with Gasteiger partial charge in [0.15, 0.2) is 0 Å². The van der Waals surface area contributed by atoms with Crippen LogP contribution in [0.4, 0.5) is 4.39 Å². The van der Waals surface area contributed by atoms with Gasteiger partial charge in [-0.25, -0.2) is 4.39 Å². The van der Waals surface area contributed by atoms with Gasteiger partial charge in [0.25, 0.3) is 0 Å². The fourth-order valence-corrected chi connectivity index (χ4v) is 1.89. The standard InChI is InChI=1S/C16H17FNO/c17-15-8-6-14(7-9-15)16(19)10-5-12-1-3-13(11-18)4-2-12/h1-4,6-9,19H,5,10-11,18H2. The lowest BCUT2D eigenvalue weighted by molar-refractivity contribution is 0.312. The van der Waals surface area contributed by atoms with Gasteiger partial charge in [-0.3, -0.25) is 0 Å². The SMILES string of the molecule is NCc1ccc(CC[C](O)c2ccc(F)cc2)cc1. The molecule has 2 nitrogen and oxygen atoms in total. The Hall–Kier alpha value is -1.71. The van der Waals surface area contributed by atoms with Crippen molar-refractivity contribution in [1.82, 2.24) is 0 Å². The minimum atomic E-state index is -0.297. The topological polar surface area (TPSA) is 46.2 Å². The molecule has 0 saturated heterocycles. The second-order valence-electron chi connectivity index (χ2n) is 4.47. The fourth-order valence-electron chi connectivity index (χ4n) is 1.89. The third-order valence-corrected chi connectivity index (χ3v) is 3.09. The highest BCUT2D eigenvalue weighted by atomic mass is 19.1. The lowest BCUT2D eigenvalue weighted by Gasteiger charge is -2.10. The summed E-state index contributed by atoms with van der Waals surface area (Å²) >= 11 is 0. The van der Waals surface area contributed by atoms with Crippen molar-refractivity contribution in [3.05, 3.63) is 77.1 Å². The van der Waals surface area contributed by atoms with E-state index in [4.69, 9.17) is 5.73 Å². The molecule has 0 saturated carbocycles. The third-order valence-electron chi connectivity index (χ3n) is 3.09. The molecule has 0 aromatic heterocycles. The summed E-state index contributed by atoms with van der Waals surface area (Å²) in [4.78, 5) is 0. The first-order valence-corrected chi connectivity index (χ1v) is 6.27. The molecule has 0 fully saturated rings. The molecule has 0 spiro atoms. The fraction of sp³-hybridized carbons (Fsp3) is 0.188. The van der Waals surface area contributed by atoms with E-state index in [-0.39, 0.29) is 11.9 Å². The van der Waals surface area contributed by atoms with Gasteiger partial charge in [-0.1, -0.05) is 36.4 Å². The minimum absolute atomic E-state index is 0.280. The zero-order valence-corrected chi connectivity index (χ0v) is 10.6. The maximum atomic E-state index is 12.8. The van der Waals surface area contributed by atoms with Crippen molar-refractivity contribution < 1.29 is 9.50 Å². The molecule has 1 radical (unpaired) electrons. The second kappa shape index (κ2) is 6.45. The van der Waals surface area contributed by atoms with Crippen LogP contribution in [-0.4, -0.2) is 5.11 Å². The van der Waals surface area contributed by atoms with Gasteiger partial charge in [0.05, 0.1) is 0 Å². The average Bonchev–Trinajstić information content (AvgIpc) is 2.46. The maximum absolute atomic E-state index is 12.8. The molecule has 0 atom stereocenters. The predicted octanol–water partition coefficient (Wildman–Crippen LogP) is 3.17. The Labute approximate surface area is 112 Å². The summed E-state index contributed by atoms with van der Waals surface area (Å²) in [5.74, 6) is -0.297. The first-order valence-electron chi connectivity index (χ1n) is 6.27. The van der Waals surface area contributed by atoms with Gasteiger partial charge in [0.1, 0.15) is 11.9 Å². The van der Waals surface area contributed by atoms with Crippen molar-refractivity contribution in [2.75, 3.05) is 0 Å². The van der Waals surface area contributed by atoms with Crippen LogP contribution in [0, 0.1) is 11.9 Å². The molecule has 2 aromatic carbocycles. The molecular formula is C16H17FNO. The summed E-state index contributed by atoms with van der Waals surface area (Å²) in [6.07, 6.45) is 1.56. The van der Waals surface area contributed by atoms with E-state index in [0.29, 0.717) is 18.5 Å². The van der Waals surface area contributed by atoms with Crippen molar-refractivity contribution in [3.8, 4) is 0 Å². The Morgan fingerprint density at radius 2 is 1.53 bits per heavy atom. The van der Waals surface area contributed by atoms with Crippen LogP contribution in [0.3, 0.4) is 0 Å². The summed E-state index contributed by atoms with van der Waals surface area (Å²) in [5.41, 5.74) is 8.44. The quantitative estimate of drug-likeness (QED) is 0.865. The van der Waals surface area contributed by atoms with Crippen molar-refractivity contribution in [2.45, 2.75) is 19.4 Å². The number of benzene rings is 2. The lowest BCUT2D eigenvalue weighted by Crippen LogP contribution is -2.01. The molecule has 0 heterocycles. The van der Waals surface area contributed by atoms with Crippen LogP contribution in [0.15, 0.2) is 48.5 Å². The zero-order valence-electron chi connectivity index (χ0n) is 10.6. The van der Waals surface area contributed by atoms with Gasteiger partial charge < -0.3 is 10.8 Å². The molecule has 2 aromatic rings. The number of nitrogens with two attached hydrogens (primary N) is 1. The van der Waals surface area contributed by atoms with E-state index in [9.17, 15) is 9.50 Å². The number of rotatable bonds is 5. The number of aryl methyl sites for hydroxylation is 1. The maximum Gasteiger partial charge on any atom is 0.123 e. The molecule has 0 amide bonds. The molecule has 0 aliphatic heterocycles. The Morgan fingerprint density at radius 1 is 0.947 bits per heavy atom. The van der Waals surface area contributed by atoms with Crippen molar-refractivity contribution in [2.24, 2.45) is 5.73 Å². The average molecular weight is 258 g/mol. The molecule has 0 aliphatic rings. The highest BCUT2D eigenvalue weighted by Gasteiger charge is 2.09. The Kier molecular flexibility index (Phi) is 4.66. The van der Waals surface area contributed by atoms with Crippen LogP contribution >= 0.6 is 0 Å². The molecule has 0 unspecified atom stereocenters. The van der Waals surface area contributed by atoms with Crippen LogP contribution in [0.25, 0.3) is 0 Å². The predicted molar refractivity (Wildman–Crippen MR) is 73.3 cm³/mol. The summed E-state index contributed by atoms with van der Waals surface area (Å²) < 4.78 is 12.8.